The maximum atomic E-state index is 6.87. The molecule has 8 nitrogen and oxygen atoms in total. The van der Waals surface area contributed by atoms with Crippen LogP contribution >= 0.6 is 0 Å². The molecule has 0 bridgehead atoms. The van der Waals surface area contributed by atoms with Crippen LogP contribution in [-0.4, -0.2) is 65.2 Å². The summed E-state index contributed by atoms with van der Waals surface area (Å²) in [6, 6.07) is 7.98. The zero-order chi connectivity index (χ0) is 35.6. The lowest BCUT2D eigenvalue weighted by molar-refractivity contribution is 0.00578. The van der Waals surface area contributed by atoms with E-state index in [-0.39, 0.29) is 16.0 Å². The van der Waals surface area contributed by atoms with Crippen molar-refractivity contribution in [1.82, 2.24) is 9.97 Å². The second-order valence-corrected chi connectivity index (χ2v) is 26.7. The second-order valence-electron chi connectivity index (χ2n) is 17.1. The van der Waals surface area contributed by atoms with Gasteiger partial charge < -0.3 is 27.6 Å². The fourth-order valence-electron chi connectivity index (χ4n) is 4.64. The van der Waals surface area contributed by atoms with Gasteiger partial charge in [-0.1, -0.05) is 48.5 Å². The van der Waals surface area contributed by atoms with Gasteiger partial charge in [-0.2, -0.15) is 0 Å². The van der Waals surface area contributed by atoms with Crippen LogP contribution in [-0.2, 0) is 24.8 Å². The topological polar surface area (TPSA) is 81.2 Å². The number of benzene rings is 1. The molecule has 1 atom stereocenters. The number of ether oxygens (including phenoxy) is 2. The molecular weight excluding hydrogens is 623 g/mol. The van der Waals surface area contributed by atoms with E-state index in [1.165, 1.54) is 0 Å². The molecule has 11 heteroatoms. The van der Waals surface area contributed by atoms with Crippen LogP contribution in [0.25, 0.3) is 11.4 Å². The van der Waals surface area contributed by atoms with Gasteiger partial charge in [0.1, 0.15) is 0 Å². The lowest BCUT2D eigenvalue weighted by Gasteiger charge is -2.37. The Hall–Kier alpha value is -1.76. The van der Waals surface area contributed by atoms with Crippen LogP contribution in [0, 0.1) is 0 Å². The fraction of sp³-hybridized carbons (Fsp3) is 0.722. The van der Waals surface area contributed by atoms with Crippen LogP contribution in [0.2, 0.25) is 42.6 Å². The molecule has 2 aromatic rings. The summed E-state index contributed by atoms with van der Waals surface area (Å²) in [7, 11) is -2.85. The highest BCUT2D eigenvalue weighted by atomic mass is 28.4. The molecule has 47 heavy (non-hydrogen) atoms. The van der Waals surface area contributed by atoms with E-state index in [0.29, 0.717) is 43.5 Å². The van der Waals surface area contributed by atoms with Crippen molar-refractivity contribution < 1.29 is 27.6 Å². The maximum Gasteiger partial charge on any atom is 0.458 e. The van der Waals surface area contributed by atoms with E-state index in [1.807, 2.05) is 18.2 Å². The quantitative estimate of drug-likeness (QED) is 0.182. The second kappa shape index (κ2) is 14.6. The van der Waals surface area contributed by atoms with Crippen LogP contribution in [0.15, 0.2) is 24.3 Å². The van der Waals surface area contributed by atoms with E-state index in [2.05, 4.69) is 108 Å². The minimum absolute atomic E-state index is 0.0683. The van der Waals surface area contributed by atoms with Gasteiger partial charge in [-0.15, -0.1) is 0 Å². The third kappa shape index (κ3) is 9.69. The molecule has 2 heterocycles. The summed E-state index contributed by atoms with van der Waals surface area (Å²) in [6.07, 6.45) is 1.50. The first-order valence-corrected chi connectivity index (χ1v) is 23.1. The number of methoxy groups -OCH3 is 1. The average molecular weight is 687 g/mol. The van der Waals surface area contributed by atoms with Crippen LogP contribution in [0.5, 0.6) is 11.5 Å². The molecule has 0 N–H and O–H groups in total. The zero-order valence-corrected chi connectivity index (χ0v) is 34.3. The molecule has 0 saturated carbocycles. The van der Waals surface area contributed by atoms with E-state index >= 15 is 0 Å². The first kappa shape index (κ1) is 39.7. The SMILES string of the molecule is CCCOc1cc(-c2nc(CO[Si](C)(C)C(C)(C)C)cc(C(CO[Si](C)(C)C(C)(C)C)CB3OC(C)(C)C(C)(C)O3)n2)ccc1OC. The lowest BCUT2D eigenvalue weighted by Crippen LogP contribution is -2.42. The van der Waals surface area contributed by atoms with Crippen LogP contribution < -0.4 is 9.47 Å². The molecule has 3 rings (SSSR count). The van der Waals surface area contributed by atoms with Gasteiger partial charge in [0, 0.05) is 23.8 Å². The Bertz CT molecular complexity index is 1340. The smallest absolute Gasteiger partial charge is 0.458 e. The molecule has 0 amide bonds. The molecule has 1 unspecified atom stereocenters. The Kier molecular flexibility index (Phi) is 12.3. The molecule has 1 fully saturated rings. The van der Waals surface area contributed by atoms with E-state index in [4.69, 9.17) is 37.6 Å². The molecule has 1 saturated heterocycles. The van der Waals surface area contributed by atoms with Crippen LogP contribution in [0.1, 0.15) is 99.9 Å². The van der Waals surface area contributed by atoms with Gasteiger partial charge in [0.05, 0.1) is 37.2 Å². The highest BCUT2D eigenvalue weighted by Crippen LogP contribution is 2.42. The number of nitrogens with zero attached hydrogens (tertiary/aromatic N) is 2. The van der Waals surface area contributed by atoms with E-state index in [1.54, 1.807) is 7.11 Å². The number of hydrogen-bond acceptors (Lipinski definition) is 8. The minimum atomic E-state index is -2.07. The minimum Gasteiger partial charge on any atom is -0.493 e. The van der Waals surface area contributed by atoms with Gasteiger partial charge in [-0.25, -0.2) is 9.97 Å². The van der Waals surface area contributed by atoms with Crippen molar-refractivity contribution in [2.45, 2.75) is 149 Å². The summed E-state index contributed by atoms with van der Waals surface area (Å²) in [4.78, 5) is 10.3. The van der Waals surface area contributed by atoms with Crippen LogP contribution in [0.3, 0.4) is 0 Å². The monoisotopic (exact) mass is 686 g/mol. The third-order valence-electron chi connectivity index (χ3n) is 10.7. The standard InChI is InChI=1S/C36H63BN2O6Si2/c1-17-20-41-31-21-26(18-19-30(31)40-12)32-38-28(25-43-47(15,16)34(5,6)7)22-29(39-32)27(24-42-46(13,14)33(2,3)4)23-37-44-35(8,9)36(10,11)45-37/h18-19,21-22,27H,17,20,23-25H2,1-16H3. The van der Waals surface area contributed by atoms with E-state index < -0.39 is 35.0 Å². The van der Waals surface area contributed by atoms with E-state index in [0.717, 1.165) is 23.4 Å². The Balaban J connectivity index is 2.14. The summed E-state index contributed by atoms with van der Waals surface area (Å²) >= 11 is 0. The van der Waals surface area contributed by atoms with Crippen molar-refractivity contribution in [3.05, 3.63) is 35.7 Å². The fourth-order valence-corrected chi connectivity index (χ4v) is 6.63. The molecule has 1 aliphatic rings. The van der Waals surface area contributed by atoms with Crippen molar-refractivity contribution >= 4 is 23.8 Å². The number of hydrogen-bond donors (Lipinski definition) is 0. The Morgan fingerprint density at radius 1 is 0.830 bits per heavy atom. The summed E-state index contributed by atoms with van der Waals surface area (Å²) in [6.45, 7) is 34.6. The average Bonchev–Trinajstić information content (AvgIpc) is 3.16. The summed E-state index contributed by atoms with van der Waals surface area (Å²) in [5.41, 5.74) is 1.72. The van der Waals surface area contributed by atoms with Gasteiger partial charge in [-0.05, 0) is 101 Å². The highest BCUT2D eigenvalue weighted by Gasteiger charge is 2.52. The van der Waals surface area contributed by atoms with Gasteiger partial charge in [0.25, 0.3) is 0 Å². The number of rotatable bonds is 14. The highest BCUT2D eigenvalue weighted by molar-refractivity contribution is 6.74. The van der Waals surface area contributed by atoms with Gasteiger partial charge in [0.2, 0.25) is 0 Å². The van der Waals surface area contributed by atoms with Gasteiger partial charge in [-0.3, -0.25) is 0 Å². The predicted octanol–water partition coefficient (Wildman–Crippen LogP) is 9.66. The predicted molar refractivity (Wildman–Crippen MR) is 199 cm³/mol. The normalized spacial score (nSPS) is 17.6. The molecule has 1 aliphatic heterocycles. The first-order valence-electron chi connectivity index (χ1n) is 17.3. The largest absolute Gasteiger partial charge is 0.493 e. The molecule has 0 spiro atoms. The molecule has 1 aromatic heterocycles. The lowest BCUT2D eigenvalue weighted by atomic mass is 9.76. The third-order valence-corrected chi connectivity index (χ3v) is 19.7. The summed E-state index contributed by atoms with van der Waals surface area (Å²) in [5, 5.41) is 0.141. The van der Waals surface area contributed by atoms with Crippen molar-refractivity contribution in [3.8, 4) is 22.9 Å². The van der Waals surface area contributed by atoms with Gasteiger partial charge >= 0.3 is 7.12 Å². The summed E-state index contributed by atoms with van der Waals surface area (Å²) in [5.74, 6) is 1.88. The maximum absolute atomic E-state index is 6.87. The van der Waals surface area contributed by atoms with Crippen molar-refractivity contribution in [1.29, 1.82) is 0 Å². The zero-order valence-electron chi connectivity index (χ0n) is 32.3. The Morgan fingerprint density at radius 2 is 1.40 bits per heavy atom. The van der Waals surface area contributed by atoms with E-state index in [9.17, 15) is 0 Å². The number of aromatic nitrogens is 2. The molecular formula is C36H63BN2O6Si2. The molecule has 0 aliphatic carbocycles. The van der Waals surface area contributed by atoms with Crippen molar-refractivity contribution in [3.63, 3.8) is 0 Å². The van der Waals surface area contributed by atoms with Crippen LogP contribution in [0.4, 0.5) is 0 Å². The Labute approximate surface area is 288 Å². The van der Waals surface area contributed by atoms with Gasteiger partial charge in [0.15, 0.2) is 34.0 Å². The Morgan fingerprint density at radius 3 is 1.94 bits per heavy atom. The molecule has 264 valence electrons. The molecule has 1 aromatic carbocycles. The van der Waals surface area contributed by atoms with Crippen molar-refractivity contribution in [2.24, 2.45) is 0 Å². The van der Waals surface area contributed by atoms with Crippen molar-refractivity contribution in [2.75, 3.05) is 20.3 Å². The summed E-state index contributed by atoms with van der Waals surface area (Å²) < 4.78 is 38.3. The molecule has 0 radical (unpaired) electrons. The first-order chi connectivity index (χ1) is 21.4.